The van der Waals surface area contributed by atoms with Gasteiger partial charge < -0.3 is 14.4 Å². The molecule has 5 nitrogen and oxygen atoms in total. The molecule has 0 atom stereocenters. The number of methoxy groups -OCH3 is 1. The van der Waals surface area contributed by atoms with Crippen LogP contribution in [0.2, 0.25) is 5.02 Å². The third kappa shape index (κ3) is 4.62. The molecule has 1 fully saturated rings. The first-order valence-electron chi connectivity index (χ1n) is 9.86. The molecule has 150 valence electrons. The van der Waals surface area contributed by atoms with Crippen molar-refractivity contribution in [3.8, 4) is 11.5 Å². The summed E-state index contributed by atoms with van der Waals surface area (Å²) >= 11 is 6.39. The Morgan fingerprint density at radius 3 is 2.59 bits per heavy atom. The van der Waals surface area contributed by atoms with Crippen molar-refractivity contribution in [2.24, 2.45) is 0 Å². The van der Waals surface area contributed by atoms with Gasteiger partial charge >= 0.3 is 0 Å². The first kappa shape index (κ1) is 19.5. The Balaban J connectivity index is 1.70. The fourth-order valence-electron chi connectivity index (χ4n) is 3.64. The van der Waals surface area contributed by atoms with Gasteiger partial charge in [0.25, 0.3) is 0 Å². The van der Waals surface area contributed by atoms with E-state index in [2.05, 4.69) is 14.9 Å². The molecule has 2 heterocycles. The highest BCUT2D eigenvalue weighted by atomic mass is 35.5. The summed E-state index contributed by atoms with van der Waals surface area (Å²) in [4.78, 5) is 10.9. The van der Waals surface area contributed by atoms with Crippen LogP contribution in [0.1, 0.15) is 31.4 Å². The maximum absolute atomic E-state index is 6.39. The summed E-state index contributed by atoms with van der Waals surface area (Å²) in [7, 11) is 1.67. The number of nitrogens with zero attached hydrogens (tertiary/aromatic N) is 3. The van der Waals surface area contributed by atoms with E-state index in [-0.39, 0.29) is 6.10 Å². The van der Waals surface area contributed by atoms with Crippen LogP contribution in [-0.2, 0) is 6.54 Å². The van der Waals surface area contributed by atoms with Crippen molar-refractivity contribution >= 4 is 23.0 Å². The minimum Gasteiger partial charge on any atom is -0.493 e. The highest BCUT2D eigenvalue weighted by Gasteiger charge is 2.20. The smallest absolute Gasteiger partial charge is 0.163 e. The lowest BCUT2D eigenvalue weighted by atomic mass is 10.2. The molecule has 0 bridgehead atoms. The molecule has 1 aliphatic carbocycles. The summed E-state index contributed by atoms with van der Waals surface area (Å²) < 4.78 is 11.8. The minimum atomic E-state index is 0.247. The van der Waals surface area contributed by atoms with E-state index in [9.17, 15) is 0 Å². The van der Waals surface area contributed by atoms with Crippen LogP contribution >= 0.6 is 11.6 Å². The third-order valence-electron chi connectivity index (χ3n) is 5.15. The van der Waals surface area contributed by atoms with Gasteiger partial charge in [-0.25, -0.2) is 0 Å². The molecule has 1 aliphatic rings. The van der Waals surface area contributed by atoms with E-state index < -0.39 is 0 Å². The molecule has 29 heavy (non-hydrogen) atoms. The van der Waals surface area contributed by atoms with Crippen LogP contribution in [0.4, 0.5) is 11.4 Å². The molecule has 2 aromatic heterocycles. The summed E-state index contributed by atoms with van der Waals surface area (Å²) in [6.45, 7) is 0.514. The zero-order valence-corrected chi connectivity index (χ0v) is 17.2. The second-order valence-electron chi connectivity index (χ2n) is 7.09. The van der Waals surface area contributed by atoms with Crippen LogP contribution in [0.15, 0.2) is 61.1 Å². The van der Waals surface area contributed by atoms with Crippen molar-refractivity contribution < 1.29 is 9.47 Å². The molecule has 0 unspecified atom stereocenters. The van der Waals surface area contributed by atoms with E-state index >= 15 is 0 Å². The van der Waals surface area contributed by atoms with Gasteiger partial charge in [-0.15, -0.1) is 0 Å². The second-order valence-corrected chi connectivity index (χ2v) is 7.50. The van der Waals surface area contributed by atoms with Crippen LogP contribution < -0.4 is 14.4 Å². The highest BCUT2D eigenvalue weighted by Crippen LogP contribution is 2.37. The van der Waals surface area contributed by atoms with Gasteiger partial charge in [0, 0.05) is 24.1 Å². The lowest BCUT2D eigenvalue weighted by Gasteiger charge is -2.26. The Morgan fingerprint density at radius 2 is 1.86 bits per heavy atom. The van der Waals surface area contributed by atoms with Crippen LogP contribution in [0.25, 0.3) is 0 Å². The van der Waals surface area contributed by atoms with Crippen molar-refractivity contribution in [1.82, 2.24) is 9.97 Å². The average molecular weight is 410 g/mol. The number of rotatable bonds is 7. The molecule has 0 saturated heterocycles. The topological polar surface area (TPSA) is 47.5 Å². The first-order valence-corrected chi connectivity index (χ1v) is 10.2. The Morgan fingerprint density at radius 1 is 1.03 bits per heavy atom. The summed E-state index contributed by atoms with van der Waals surface area (Å²) in [5.41, 5.74) is 2.71. The fraction of sp³-hybridized carbons (Fsp3) is 0.304. The molecular formula is C23H24ClN3O2. The van der Waals surface area contributed by atoms with Gasteiger partial charge in [-0.3, -0.25) is 9.97 Å². The predicted octanol–water partition coefficient (Wildman–Crippen LogP) is 5.80. The van der Waals surface area contributed by atoms with Gasteiger partial charge in [0.2, 0.25) is 0 Å². The summed E-state index contributed by atoms with van der Waals surface area (Å²) in [6.07, 6.45) is 10.2. The Hall–Kier alpha value is -2.79. The summed E-state index contributed by atoms with van der Waals surface area (Å²) in [6, 6.07) is 13.6. The van der Waals surface area contributed by atoms with Gasteiger partial charge in [-0.1, -0.05) is 11.6 Å². The quantitative estimate of drug-likeness (QED) is 0.493. The average Bonchev–Trinajstić information content (AvgIpc) is 3.27. The Bertz CT molecular complexity index is 946. The molecule has 3 aromatic rings. The number of benzene rings is 1. The normalized spacial score (nSPS) is 14.0. The van der Waals surface area contributed by atoms with Crippen LogP contribution in [0.3, 0.4) is 0 Å². The van der Waals surface area contributed by atoms with Crippen molar-refractivity contribution in [2.45, 2.75) is 38.3 Å². The van der Waals surface area contributed by atoms with Gasteiger partial charge in [0.15, 0.2) is 11.5 Å². The largest absolute Gasteiger partial charge is 0.493 e. The molecule has 6 heteroatoms. The number of halogens is 1. The molecule has 0 spiro atoms. The molecule has 1 saturated carbocycles. The molecular weight excluding hydrogens is 386 g/mol. The van der Waals surface area contributed by atoms with Gasteiger partial charge in [0.05, 0.1) is 42.4 Å². The first-order chi connectivity index (χ1) is 14.2. The number of anilines is 2. The molecule has 0 N–H and O–H groups in total. The predicted molar refractivity (Wildman–Crippen MR) is 115 cm³/mol. The molecule has 0 amide bonds. The van der Waals surface area contributed by atoms with E-state index in [4.69, 9.17) is 21.1 Å². The van der Waals surface area contributed by atoms with Gasteiger partial charge in [-0.2, -0.15) is 0 Å². The zero-order chi connectivity index (χ0) is 20.1. The number of aromatic nitrogens is 2. The van der Waals surface area contributed by atoms with Crippen LogP contribution in [0, 0.1) is 0 Å². The molecule has 4 rings (SSSR count). The minimum absolute atomic E-state index is 0.247. The SMILES string of the molecule is COc1ccc(N(Cc2ncccc2Cl)c2cccnc2)cc1OC1CCCC1. The van der Waals surface area contributed by atoms with E-state index in [1.165, 1.54) is 12.8 Å². The maximum Gasteiger partial charge on any atom is 0.163 e. The lowest BCUT2D eigenvalue weighted by molar-refractivity contribution is 0.201. The molecule has 0 radical (unpaired) electrons. The van der Waals surface area contributed by atoms with Crippen LogP contribution in [-0.4, -0.2) is 23.2 Å². The Labute approximate surface area is 176 Å². The third-order valence-corrected chi connectivity index (χ3v) is 5.50. The highest BCUT2D eigenvalue weighted by molar-refractivity contribution is 6.31. The number of pyridine rings is 2. The van der Waals surface area contributed by atoms with E-state index in [1.54, 1.807) is 19.5 Å². The number of hydrogen-bond donors (Lipinski definition) is 0. The lowest BCUT2D eigenvalue weighted by Crippen LogP contribution is -2.18. The van der Waals surface area contributed by atoms with E-state index in [1.807, 2.05) is 48.7 Å². The van der Waals surface area contributed by atoms with Gasteiger partial charge in [0.1, 0.15) is 0 Å². The monoisotopic (exact) mass is 409 g/mol. The fourth-order valence-corrected chi connectivity index (χ4v) is 3.82. The Kier molecular flexibility index (Phi) is 6.15. The number of ether oxygens (including phenoxy) is 2. The van der Waals surface area contributed by atoms with E-state index in [0.717, 1.165) is 41.4 Å². The second kappa shape index (κ2) is 9.14. The van der Waals surface area contributed by atoms with Crippen molar-refractivity contribution in [3.05, 3.63) is 71.8 Å². The van der Waals surface area contributed by atoms with Crippen molar-refractivity contribution in [1.29, 1.82) is 0 Å². The summed E-state index contributed by atoms with van der Waals surface area (Å²) in [5, 5.41) is 0.636. The van der Waals surface area contributed by atoms with Crippen LogP contribution in [0.5, 0.6) is 11.5 Å². The standard InChI is InChI=1S/C23H24ClN3O2/c1-28-22-11-10-17(14-23(22)29-19-7-2-3-8-19)27(18-6-4-12-25-15-18)16-21-20(24)9-5-13-26-21/h4-6,9-15,19H,2-3,7-8,16H2,1H3. The molecule has 0 aliphatic heterocycles. The zero-order valence-electron chi connectivity index (χ0n) is 16.4. The summed E-state index contributed by atoms with van der Waals surface area (Å²) in [5.74, 6) is 1.50. The van der Waals surface area contributed by atoms with Gasteiger partial charge in [-0.05, 0) is 62.1 Å². The molecule has 1 aromatic carbocycles. The number of hydrogen-bond acceptors (Lipinski definition) is 5. The van der Waals surface area contributed by atoms with Crippen molar-refractivity contribution in [2.75, 3.05) is 12.0 Å². The maximum atomic E-state index is 6.39. The van der Waals surface area contributed by atoms with Crippen molar-refractivity contribution in [3.63, 3.8) is 0 Å². The van der Waals surface area contributed by atoms with E-state index in [0.29, 0.717) is 11.6 Å².